The molecule has 0 spiro atoms. The summed E-state index contributed by atoms with van der Waals surface area (Å²) >= 11 is 0. The van der Waals surface area contributed by atoms with Gasteiger partial charge in [-0.05, 0) is 18.6 Å². The van der Waals surface area contributed by atoms with Gasteiger partial charge >= 0.3 is 6.18 Å². The van der Waals surface area contributed by atoms with Gasteiger partial charge in [0.05, 0.1) is 7.11 Å². The van der Waals surface area contributed by atoms with Gasteiger partial charge < -0.3 is 10.1 Å². The number of methoxy groups -OCH3 is 1. The van der Waals surface area contributed by atoms with Gasteiger partial charge in [-0.1, -0.05) is 0 Å². The molecule has 0 saturated heterocycles. The molecular weight excluding hydrogens is 237 g/mol. The van der Waals surface area contributed by atoms with Crippen LogP contribution in [0, 0.1) is 6.92 Å². The van der Waals surface area contributed by atoms with Crippen LogP contribution in [0.4, 0.5) is 13.2 Å². The Bertz CT molecular complexity index is 444. The van der Waals surface area contributed by atoms with Crippen LogP contribution in [0.1, 0.15) is 21.6 Å². The summed E-state index contributed by atoms with van der Waals surface area (Å²) in [5.74, 6) is -0.878. The van der Waals surface area contributed by atoms with E-state index in [4.69, 9.17) is 4.74 Å². The van der Waals surface area contributed by atoms with Crippen LogP contribution in [0.15, 0.2) is 6.07 Å². The average Bonchev–Trinajstić information content (AvgIpc) is 2.25. The number of pyridine rings is 1. The van der Waals surface area contributed by atoms with Crippen molar-refractivity contribution in [2.45, 2.75) is 13.1 Å². The Kier molecular flexibility index (Phi) is 3.59. The zero-order chi connectivity index (χ0) is 13.2. The van der Waals surface area contributed by atoms with Gasteiger partial charge in [-0.3, -0.25) is 4.79 Å². The Labute approximate surface area is 95.8 Å². The molecular formula is C10H11F3N2O2. The number of aromatic nitrogens is 1. The van der Waals surface area contributed by atoms with E-state index < -0.39 is 17.8 Å². The van der Waals surface area contributed by atoms with Crippen molar-refractivity contribution in [1.29, 1.82) is 0 Å². The molecule has 0 unspecified atom stereocenters. The smallest absolute Gasteiger partial charge is 0.433 e. The predicted molar refractivity (Wildman–Crippen MR) is 53.9 cm³/mol. The van der Waals surface area contributed by atoms with E-state index in [1.807, 2.05) is 0 Å². The van der Waals surface area contributed by atoms with Crippen LogP contribution in [-0.4, -0.2) is 25.0 Å². The second kappa shape index (κ2) is 4.60. The molecule has 1 aromatic rings. The summed E-state index contributed by atoms with van der Waals surface area (Å²) < 4.78 is 42.2. The molecule has 17 heavy (non-hydrogen) atoms. The van der Waals surface area contributed by atoms with Crippen LogP contribution in [0.25, 0.3) is 0 Å². The Morgan fingerprint density at radius 2 is 2.06 bits per heavy atom. The molecule has 0 aliphatic carbocycles. The van der Waals surface area contributed by atoms with E-state index in [-0.39, 0.29) is 17.0 Å². The third-order valence-corrected chi connectivity index (χ3v) is 2.12. The number of hydrogen-bond acceptors (Lipinski definition) is 3. The van der Waals surface area contributed by atoms with Crippen LogP contribution >= 0.6 is 0 Å². The number of hydrogen-bond donors (Lipinski definition) is 1. The predicted octanol–water partition coefficient (Wildman–Crippen LogP) is 1.78. The molecule has 1 amide bonds. The monoisotopic (exact) mass is 248 g/mol. The van der Waals surface area contributed by atoms with Gasteiger partial charge in [0.15, 0.2) is 0 Å². The summed E-state index contributed by atoms with van der Waals surface area (Å²) in [5.41, 5.74) is -0.925. The maximum atomic E-state index is 12.5. The van der Waals surface area contributed by atoms with Crippen LogP contribution < -0.4 is 10.1 Å². The Morgan fingerprint density at radius 1 is 1.47 bits per heavy atom. The lowest BCUT2D eigenvalue weighted by atomic mass is 10.1. The molecule has 0 aliphatic rings. The van der Waals surface area contributed by atoms with E-state index in [1.165, 1.54) is 14.0 Å². The van der Waals surface area contributed by atoms with Crippen molar-refractivity contribution in [3.8, 4) is 5.88 Å². The van der Waals surface area contributed by atoms with Gasteiger partial charge in [-0.2, -0.15) is 13.2 Å². The SMILES string of the molecule is CNC(=O)c1c(C)cc(C(F)(F)F)nc1OC. The van der Waals surface area contributed by atoms with Crippen LogP contribution in [-0.2, 0) is 6.18 Å². The van der Waals surface area contributed by atoms with Crippen LogP contribution in [0.5, 0.6) is 5.88 Å². The molecule has 94 valence electrons. The van der Waals surface area contributed by atoms with E-state index in [0.717, 1.165) is 13.2 Å². The quantitative estimate of drug-likeness (QED) is 0.867. The maximum absolute atomic E-state index is 12.5. The van der Waals surface area contributed by atoms with Crippen molar-refractivity contribution in [1.82, 2.24) is 10.3 Å². The minimum Gasteiger partial charge on any atom is -0.480 e. The highest BCUT2D eigenvalue weighted by molar-refractivity contribution is 5.97. The first-order valence-electron chi connectivity index (χ1n) is 4.66. The molecule has 0 aliphatic heterocycles. The van der Waals surface area contributed by atoms with Crippen LogP contribution in [0.2, 0.25) is 0 Å². The van der Waals surface area contributed by atoms with Crippen molar-refractivity contribution in [3.05, 3.63) is 22.9 Å². The molecule has 1 N–H and O–H groups in total. The van der Waals surface area contributed by atoms with E-state index >= 15 is 0 Å². The van der Waals surface area contributed by atoms with Crippen molar-refractivity contribution in [2.24, 2.45) is 0 Å². The molecule has 7 heteroatoms. The molecule has 0 bridgehead atoms. The molecule has 0 radical (unpaired) electrons. The molecule has 0 aromatic carbocycles. The minimum absolute atomic E-state index is 0.00278. The lowest BCUT2D eigenvalue weighted by molar-refractivity contribution is -0.141. The number of aryl methyl sites for hydroxylation is 1. The van der Waals surface area contributed by atoms with Crippen molar-refractivity contribution >= 4 is 5.91 Å². The van der Waals surface area contributed by atoms with Crippen molar-refractivity contribution in [3.63, 3.8) is 0 Å². The zero-order valence-electron chi connectivity index (χ0n) is 9.47. The van der Waals surface area contributed by atoms with Gasteiger partial charge in [0, 0.05) is 7.05 Å². The Hall–Kier alpha value is -1.79. The summed E-state index contributed by atoms with van der Waals surface area (Å²) in [6.45, 7) is 1.39. The molecule has 1 rings (SSSR count). The number of nitrogens with zero attached hydrogens (tertiary/aromatic N) is 1. The van der Waals surface area contributed by atoms with Gasteiger partial charge in [0.1, 0.15) is 11.3 Å². The van der Waals surface area contributed by atoms with E-state index in [2.05, 4.69) is 10.3 Å². The molecule has 0 atom stereocenters. The zero-order valence-corrected chi connectivity index (χ0v) is 9.47. The molecule has 4 nitrogen and oxygen atoms in total. The summed E-state index contributed by atoms with van der Waals surface area (Å²) in [6.07, 6.45) is -4.57. The molecule has 1 heterocycles. The third kappa shape index (κ3) is 2.66. The van der Waals surface area contributed by atoms with Crippen molar-refractivity contribution < 1.29 is 22.7 Å². The molecule has 0 fully saturated rings. The second-order valence-corrected chi connectivity index (χ2v) is 3.29. The fourth-order valence-electron chi connectivity index (χ4n) is 1.34. The van der Waals surface area contributed by atoms with Gasteiger partial charge in [0.2, 0.25) is 5.88 Å². The van der Waals surface area contributed by atoms with E-state index in [0.29, 0.717) is 0 Å². The number of nitrogens with one attached hydrogen (secondary N) is 1. The van der Waals surface area contributed by atoms with E-state index in [1.54, 1.807) is 0 Å². The summed E-state index contributed by atoms with van der Waals surface area (Å²) in [4.78, 5) is 14.7. The Balaban J connectivity index is 3.41. The van der Waals surface area contributed by atoms with Gasteiger partial charge in [-0.15, -0.1) is 0 Å². The highest BCUT2D eigenvalue weighted by atomic mass is 19.4. The molecule has 0 saturated carbocycles. The second-order valence-electron chi connectivity index (χ2n) is 3.29. The summed E-state index contributed by atoms with van der Waals surface area (Å²) in [5, 5.41) is 2.31. The standard InChI is InChI=1S/C10H11F3N2O2/c1-5-4-6(10(11,12)13)15-9(17-3)7(5)8(16)14-2/h4H,1-3H3,(H,14,16). The highest BCUT2D eigenvalue weighted by Gasteiger charge is 2.34. The fourth-order valence-corrected chi connectivity index (χ4v) is 1.34. The number of amides is 1. The average molecular weight is 248 g/mol. The number of ether oxygens (including phenoxy) is 1. The third-order valence-electron chi connectivity index (χ3n) is 2.12. The summed E-state index contributed by atoms with van der Waals surface area (Å²) in [7, 11) is 2.53. The largest absolute Gasteiger partial charge is 0.480 e. The molecule has 1 aromatic heterocycles. The minimum atomic E-state index is -4.57. The first-order valence-corrected chi connectivity index (χ1v) is 4.66. The van der Waals surface area contributed by atoms with Gasteiger partial charge in [0.25, 0.3) is 5.91 Å². The van der Waals surface area contributed by atoms with Crippen molar-refractivity contribution in [2.75, 3.05) is 14.2 Å². The maximum Gasteiger partial charge on any atom is 0.433 e. The first kappa shape index (κ1) is 13.3. The summed E-state index contributed by atoms with van der Waals surface area (Å²) in [6, 6.07) is 0.813. The number of carbonyl (C=O) groups is 1. The number of alkyl halides is 3. The van der Waals surface area contributed by atoms with Gasteiger partial charge in [-0.25, -0.2) is 4.98 Å². The van der Waals surface area contributed by atoms with E-state index in [9.17, 15) is 18.0 Å². The number of halogens is 3. The Morgan fingerprint density at radius 3 is 2.47 bits per heavy atom. The lowest BCUT2D eigenvalue weighted by Crippen LogP contribution is -2.21. The lowest BCUT2D eigenvalue weighted by Gasteiger charge is -2.13. The number of rotatable bonds is 2. The van der Waals surface area contributed by atoms with Crippen LogP contribution in [0.3, 0.4) is 0 Å². The number of carbonyl (C=O) groups excluding carboxylic acids is 1. The first-order chi connectivity index (χ1) is 7.81. The highest BCUT2D eigenvalue weighted by Crippen LogP contribution is 2.31. The normalized spacial score (nSPS) is 11.2. The fraction of sp³-hybridized carbons (Fsp3) is 0.400. The topological polar surface area (TPSA) is 51.2 Å².